The van der Waals surface area contributed by atoms with Crippen LogP contribution in [0.2, 0.25) is 0 Å². The van der Waals surface area contributed by atoms with E-state index in [0.717, 1.165) is 32.7 Å². The maximum absolute atomic E-state index is 5.50. The van der Waals surface area contributed by atoms with Crippen molar-refractivity contribution in [2.24, 2.45) is 0 Å². The molecule has 3 heteroatoms. The lowest BCUT2D eigenvalue weighted by Crippen LogP contribution is -2.25. The van der Waals surface area contributed by atoms with E-state index in [4.69, 9.17) is 4.74 Å². The predicted octanol–water partition coefficient (Wildman–Crippen LogP) is 1.98. The monoisotopic (exact) mass is 218 g/mol. The average Bonchev–Trinajstić information content (AvgIpc) is 2.19. The second kappa shape index (κ2) is 10.4. The fraction of sp³-hybridized carbons (Fsp3) is 1.00. The summed E-state index contributed by atoms with van der Waals surface area (Å²) in [4.78, 5) is 2.38. The summed E-state index contributed by atoms with van der Waals surface area (Å²) in [5.74, 6) is 0. The van der Waals surface area contributed by atoms with Crippen LogP contribution >= 0.6 is 0 Å². The fourth-order valence-corrected chi connectivity index (χ4v) is 1.42. The van der Waals surface area contributed by atoms with Crippen molar-refractivity contribution < 1.29 is 6.16 Å². The lowest BCUT2D eigenvalue weighted by Gasteiger charge is -2.16. The van der Waals surface area contributed by atoms with Gasteiger partial charge in [0.2, 0.25) is 0 Å². The van der Waals surface area contributed by atoms with Gasteiger partial charge in [-0.3, -0.25) is 0 Å². The summed E-state index contributed by atoms with van der Waals surface area (Å²) in [6, 6.07) is 0. The molecule has 0 aromatic heterocycles. The SMILES string of the molecule is CCNCCCN(C)CCCOC(C)C.[HH]. The molecule has 1 N–H and O–H groups in total. The summed E-state index contributed by atoms with van der Waals surface area (Å²) in [5, 5.41) is 3.33. The number of rotatable bonds is 10. The van der Waals surface area contributed by atoms with Gasteiger partial charge in [0.05, 0.1) is 6.10 Å². The Labute approximate surface area is 96.7 Å². The molecule has 94 valence electrons. The van der Waals surface area contributed by atoms with Gasteiger partial charge in [-0.15, -0.1) is 0 Å². The summed E-state index contributed by atoms with van der Waals surface area (Å²) < 4.78 is 5.50. The third kappa shape index (κ3) is 11.8. The normalized spacial score (nSPS) is 11.6. The van der Waals surface area contributed by atoms with Crippen LogP contribution in [0.3, 0.4) is 0 Å². The summed E-state index contributed by atoms with van der Waals surface area (Å²) >= 11 is 0. The summed E-state index contributed by atoms with van der Waals surface area (Å²) in [6.45, 7) is 11.7. The zero-order valence-electron chi connectivity index (χ0n) is 10.9. The third-order valence-electron chi connectivity index (χ3n) is 2.28. The van der Waals surface area contributed by atoms with Gasteiger partial charge in [0.1, 0.15) is 0 Å². The Morgan fingerprint density at radius 3 is 2.53 bits per heavy atom. The van der Waals surface area contributed by atoms with Crippen LogP contribution in [0.25, 0.3) is 0 Å². The molecule has 0 saturated heterocycles. The molecule has 0 aromatic rings. The molecule has 15 heavy (non-hydrogen) atoms. The Hall–Kier alpha value is -0.120. The standard InChI is InChI=1S/C12H28N2O.H2/c1-5-13-8-6-9-14(4)10-7-11-15-12(2)3;/h12-13H,5-11H2,1-4H3;1H. The quantitative estimate of drug-likeness (QED) is 0.568. The van der Waals surface area contributed by atoms with Gasteiger partial charge in [0.15, 0.2) is 0 Å². The minimum absolute atomic E-state index is 0. The van der Waals surface area contributed by atoms with Gasteiger partial charge in [-0.25, -0.2) is 0 Å². The van der Waals surface area contributed by atoms with Gasteiger partial charge in [-0.1, -0.05) is 6.92 Å². The third-order valence-corrected chi connectivity index (χ3v) is 2.28. The molecule has 0 rings (SSSR count). The van der Waals surface area contributed by atoms with Gasteiger partial charge >= 0.3 is 0 Å². The number of hydrogen-bond acceptors (Lipinski definition) is 3. The van der Waals surface area contributed by atoms with Crippen molar-refractivity contribution in [3.8, 4) is 0 Å². The average molecular weight is 218 g/mol. The first-order valence-electron chi connectivity index (χ1n) is 6.17. The molecule has 0 bridgehead atoms. The minimum Gasteiger partial charge on any atom is -0.379 e. The van der Waals surface area contributed by atoms with Crippen molar-refractivity contribution in [1.82, 2.24) is 10.2 Å². The molecule has 0 saturated carbocycles. The molecule has 0 aromatic carbocycles. The van der Waals surface area contributed by atoms with Crippen molar-refractivity contribution in [2.45, 2.75) is 39.7 Å². The number of ether oxygens (including phenoxy) is 1. The Morgan fingerprint density at radius 2 is 1.93 bits per heavy atom. The molecule has 0 atom stereocenters. The van der Waals surface area contributed by atoms with Gasteiger partial charge < -0.3 is 15.0 Å². The van der Waals surface area contributed by atoms with E-state index in [-0.39, 0.29) is 1.43 Å². The number of nitrogens with one attached hydrogen (secondary N) is 1. The second-order valence-electron chi connectivity index (χ2n) is 4.28. The molecule has 0 aliphatic heterocycles. The maximum atomic E-state index is 5.50. The first-order chi connectivity index (χ1) is 7.16. The molecule has 0 unspecified atom stereocenters. The van der Waals surface area contributed by atoms with E-state index >= 15 is 0 Å². The maximum Gasteiger partial charge on any atom is 0.0518 e. The topological polar surface area (TPSA) is 24.5 Å². The van der Waals surface area contributed by atoms with Crippen LogP contribution in [-0.4, -0.2) is 50.8 Å². The molecular formula is C12H30N2O. The molecule has 0 amide bonds. The highest BCUT2D eigenvalue weighted by molar-refractivity contribution is 4.54. The summed E-state index contributed by atoms with van der Waals surface area (Å²) in [5.41, 5.74) is 0. The minimum atomic E-state index is 0. The fourth-order valence-electron chi connectivity index (χ4n) is 1.42. The molecule has 3 nitrogen and oxygen atoms in total. The first-order valence-corrected chi connectivity index (χ1v) is 6.17. The van der Waals surface area contributed by atoms with E-state index in [1.165, 1.54) is 13.0 Å². The van der Waals surface area contributed by atoms with Gasteiger partial charge in [-0.05, 0) is 53.4 Å². The second-order valence-corrected chi connectivity index (χ2v) is 4.28. The molecule has 0 radical (unpaired) electrons. The molecule has 0 fully saturated rings. The van der Waals surface area contributed by atoms with Crippen molar-refractivity contribution in [1.29, 1.82) is 0 Å². The zero-order valence-corrected chi connectivity index (χ0v) is 10.9. The van der Waals surface area contributed by atoms with E-state index in [9.17, 15) is 0 Å². The van der Waals surface area contributed by atoms with E-state index < -0.39 is 0 Å². The lowest BCUT2D eigenvalue weighted by molar-refractivity contribution is 0.0721. The van der Waals surface area contributed by atoms with Crippen molar-refractivity contribution in [2.75, 3.05) is 39.8 Å². The van der Waals surface area contributed by atoms with E-state index in [0.29, 0.717) is 6.10 Å². The van der Waals surface area contributed by atoms with Crippen molar-refractivity contribution >= 4 is 0 Å². The van der Waals surface area contributed by atoms with Crippen molar-refractivity contribution in [3.63, 3.8) is 0 Å². The first kappa shape index (κ1) is 14.9. The Kier molecular flexibility index (Phi) is 10.3. The highest BCUT2D eigenvalue weighted by Gasteiger charge is 1.98. The summed E-state index contributed by atoms with van der Waals surface area (Å²) in [7, 11) is 2.18. The highest BCUT2D eigenvalue weighted by atomic mass is 16.5. The smallest absolute Gasteiger partial charge is 0.0518 e. The van der Waals surface area contributed by atoms with Crippen LogP contribution in [0.4, 0.5) is 0 Å². The van der Waals surface area contributed by atoms with Crippen LogP contribution in [0, 0.1) is 0 Å². The van der Waals surface area contributed by atoms with Crippen LogP contribution < -0.4 is 5.32 Å². The number of nitrogens with zero attached hydrogens (tertiary/aromatic N) is 1. The van der Waals surface area contributed by atoms with Crippen LogP contribution in [0.1, 0.15) is 35.0 Å². The van der Waals surface area contributed by atoms with Crippen molar-refractivity contribution in [3.05, 3.63) is 0 Å². The Balaban J connectivity index is 0. The van der Waals surface area contributed by atoms with Crippen LogP contribution in [0.5, 0.6) is 0 Å². The van der Waals surface area contributed by atoms with Crippen LogP contribution in [0.15, 0.2) is 0 Å². The zero-order chi connectivity index (χ0) is 11.5. The summed E-state index contributed by atoms with van der Waals surface area (Å²) in [6.07, 6.45) is 2.73. The Morgan fingerprint density at radius 1 is 1.27 bits per heavy atom. The number of hydrogen-bond donors (Lipinski definition) is 1. The molecule has 0 spiro atoms. The van der Waals surface area contributed by atoms with E-state index in [1.54, 1.807) is 0 Å². The molecular weight excluding hydrogens is 188 g/mol. The van der Waals surface area contributed by atoms with Gasteiger partial charge in [0.25, 0.3) is 0 Å². The van der Waals surface area contributed by atoms with Crippen LogP contribution in [-0.2, 0) is 4.74 Å². The van der Waals surface area contributed by atoms with E-state index in [2.05, 4.69) is 38.0 Å². The molecule has 0 aliphatic carbocycles. The van der Waals surface area contributed by atoms with Gasteiger partial charge in [-0.2, -0.15) is 0 Å². The molecule has 0 aliphatic rings. The van der Waals surface area contributed by atoms with E-state index in [1.807, 2.05) is 0 Å². The molecule has 0 heterocycles. The highest BCUT2D eigenvalue weighted by Crippen LogP contribution is 1.93. The van der Waals surface area contributed by atoms with Gasteiger partial charge in [0, 0.05) is 14.6 Å². The lowest BCUT2D eigenvalue weighted by atomic mass is 10.3. The predicted molar refractivity (Wildman–Crippen MR) is 68.5 cm³/mol. The Bertz CT molecular complexity index is 134. The largest absolute Gasteiger partial charge is 0.379 e.